The summed E-state index contributed by atoms with van der Waals surface area (Å²) in [5.41, 5.74) is 5.77. The zero-order chi connectivity index (χ0) is 16.4. The zero-order valence-corrected chi connectivity index (χ0v) is 14.1. The molecule has 0 radical (unpaired) electrons. The highest BCUT2D eigenvalue weighted by molar-refractivity contribution is 5.90. The molecule has 1 saturated heterocycles. The number of carbonyl (C=O) groups is 1. The first-order chi connectivity index (χ1) is 11.0. The van der Waals surface area contributed by atoms with Gasteiger partial charge in [-0.2, -0.15) is 0 Å². The molecule has 1 N–H and O–H groups in total. The van der Waals surface area contributed by atoms with Gasteiger partial charge in [0.25, 0.3) is 0 Å². The Morgan fingerprint density at radius 1 is 1.09 bits per heavy atom. The largest absolute Gasteiger partial charge is 0.322 e. The molecule has 0 aromatic heterocycles. The number of nitrogens with zero attached hydrogens (tertiary/aromatic N) is 1. The van der Waals surface area contributed by atoms with Gasteiger partial charge < -0.3 is 10.2 Å². The number of nitrogens with one attached hydrogen (secondary N) is 1. The van der Waals surface area contributed by atoms with Crippen molar-refractivity contribution < 1.29 is 4.79 Å². The highest BCUT2D eigenvalue weighted by Crippen LogP contribution is 2.32. The van der Waals surface area contributed by atoms with Gasteiger partial charge >= 0.3 is 6.03 Å². The van der Waals surface area contributed by atoms with Crippen LogP contribution in [0.15, 0.2) is 42.5 Å². The molecule has 1 aliphatic heterocycles. The number of benzene rings is 2. The van der Waals surface area contributed by atoms with Crippen molar-refractivity contribution in [3.8, 4) is 0 Å². The Kier molecular flexibility index (Phi) is 4.37. The van der Waals surface area contributed by atoms with Crippen LogP contribution >= 0.6 is 0 Å². The van der Waals surface area contributed by atoms with E-state index in [1.54, 1.807) is 0 Å². The summed E-state index contributed by atoms with van der Waals surface area (Å²) in [4.78, 5) is 14.7. The number of hydrogen-bond acceptors (Lipinski definition) is 1. The summed E-state index contributed by atoms with van der Waals surface area (Å²) in [6.07, 6.45) is 2.09. The number of aryl methyl sites for hydroxylation is 3. The SMILES string of the molecule is Cc1cccc(C2CCCN2C(=O)Nc2ccc(C)c(C)c2)c1. The van der Waals surface area contributed by atoms with Crippen molar-refractivity contribution in [2.75, 3.05) is 11.9 Å². The van der Waals surface area contributed by atoms with Crippen molar-refractivity contribution >= 4 is 11.7 Å². The molecule has 3 heteroatoms. The summed E-state index contributed by atoms with van der Waals surface area (Å²) in [5.74, 6) is 0. The predicted molar refractivity (Wildman–Crippen MR) is 94.8 cm³/mol. The second kappa shape index (κ2) is 6.45. The molecular formula is C20H24N2O. The van der Waals surface area contributed by atoms with Crippen LogP contribution in [0, 0.1) is 20.8 Å². The topological polar surface area (TPSA) is 32.3 Å². The Labute approximate surface area is 138 Å². The van der Waals surface area contributed by atoms with E-state index in [1.165, 1.54) is 22.3 Å². The first-order valence-electron chi connectivity index (χ1n) is 8.26. The zero-order valence-electron chi connectivity index (χ0n) is 14.1. The summed E-state index contributed by atoms with van der Waals surface area (Å²) in [5, 5.41) is 3.05. The van der Waals surface area contributed by atoms with Crippen LogP contribution in [0.2, 0.25) is 0 Å². The van der Waals surface area contributed by atoms with Crippen LogP contribution in [0.5, 0.6) is 0 Å². The van der Waals surface area contributed by atoms with Gasteiger partial charge in [-0.25, -0.2) is 4.79 Å². The van der Waals surface area contributed by atoms with E-state index < -0.39 is 0 Å². The van der Waals surface area contributed by atoms with Crippen LogP contribution in [0.1, 0.15) is 41.1 Å². The molecule has 1 aliphatic rings. The summed E-state index contributed by atoms with van der Waals surface area (Å²) in [6.45, 7) is 7.05. The van der Waals surface area contributed by atoms with Crippen molar-refractivity contribution in [3.63, 3.8) is 0 Å². The van der Waals surface area contributed by atoms with Gasteiger partial charge in [-0.05, 0) is 62.4 Å². The lowest BCUT2D eigenvalue weighted by atomic mass is 10.0. The van der Waals surface area contributed by atoms with Crippen molar-refractivity contribution in [1.29, 1.82) is 0 Å². The van der Waals surface area contributed by atoms with E-state index in [2.05, 4.69) is 50.4 Å². The molecule has 0 bridgehead atoms. The summed E-state index contributed by atoms with van der Waals surface area (Å²) >= 11 is 0. The van der Waals surface area contributed by atoms with Crippen LogP contribution in [0.4, 0.5) is 10.5 Å². The van der Waals surface area contributed by atoms with E-state index in [4.69, 9.17) is 0 Å². The summed E-state index contributed by atoms with van der Waals surface area (Å²) in [7, 11) is 0. The average molecular weight is 308 g/mol. The number of anilines is 1. The molecule has 0 aliphatic carbocycles. The van der Waals surface area contributed by atoms with Crippen molar-refractivity contribution in [1.82, 2.24) is 4.90 Å². The molecule has 3 rings (SSSR count). The van der Waals surface area contributed by atoms with E-state index in [0.29, 0.717) is 0 Å². The lowest BCUT2D eigenvalue weighted by Gasteiger charge is -2.25. The monoisotopic (exact) mass is 308 g/mol. The van der Waals surface area contributed by atoms with Crippen LogP contribution in [0.25, 0.3) is 0 Å². The van der Waals surface area contributed by atoms with Gasteiger partial charge in [0.05, 0.1) is 6.04 Å². The minimum Gasteiger partial charge on any atom is -0.317 e. The normalized spacial score (nSPS) is 17.3. The van der Waals surface area contributed by atoms with Gasteiger partial charge in [0.2, 0.25) is 0 Å². The number of likely N-dealkylation sites (tertiary alicyclic amines) is 1. The molecule has 0 saturated carbocycles. The lowest BCUT2D eigenvalue weighted by Crippen LogP contribution is -2.34. The molecule has 1 fully saturated rings. The Balaban J connectivity index is 1.76. The Hall–Kier alpha value is -2.29. The predicted octanol–water partition coefficient (Wildman–Crippen LogP) is 4.98. The maximum Gasteiger partial charge on any atom is 0.322 e. The number of urea groups is 1. The van der Waals surface area contributed by atoms with Crippen LogP contribution in [-0.2, 0) is 0 Å². The van der Waals surface area contributed by atoms with E-state index in [9.17, 15) is 4.79 Å². The molecular weight excluding hydrogens is 284 g/mol. The van der Waals surface area contributed by atoms with E-state index in [-0.39, 0.29) is 12.1 Å². The molecule has 2 amide bonds. The van der Waals surface area contributed by atoms with E-state index in [1.807, 2.05) is 23.1 Å². The number of amides is 2. The van der Waals surface area contributed by atoms with Gasteiger partial charge in [0.15, 0.2) is 0 Å². The second-order valence-electron chi connectivity index (χ2n) is 6.49. The fraction of sp³-hybridized carbons (Fsp3) is 0.350. The second-order valence-corrected chi connectivity index (χ2v) is 6.49. The van der Waals surface area contributed by atoms with E-state index in [0.717, 1.165) is 25.1 Å². The van der Waals surface area contributed by atoms with Crippen molar-refractivity contribution in [2.24, 2.45) is 0 Å². The minimum absolute atomic E-state index is 0.00254. The molecule has 2 aromatic carbocycles. The van der Waals surface area contributed by atoms with E-state index >= 15 is 0 Å². The van der Waals surface area contributed by atoms with Gasteiger partial charge in [0.1, 0.15) is 0 Å². The molecule has 1 heterocycles. The van der Waals surface area contributed by atoms with Crippen molar-refractivity contribution in [2.45, 2.75) is 39.7 Å². The minimum atomic E-state index is -0.00254. The maximum absolute atomic E-state index is 12.7. The lowest BCUT2D eigenvalue weighted by molar-refractivity contribution is 0.207. The fourth-order valence-electron chi connectivity index (χ4n) is 3.25. The van der Waals surface area contributed by atoms with Crippen LogP contribution in [0.3, 0.4) is 0 Å². The van der Waals surface area contributed by atoms with Gasteiger partial charge in [-0.3, -0.25) is 0 Å². The highest BCUT2D eigenvalue weighted by atomic mass is 16.2. The maximum atomic E-state index is 12.7. The number of hydrogen-bond donors (Lipinski definition) is 1. The quantitative estimate of drug-likeness (QED) is 0.833. The highest BCUT2D eigenvalue weighted by Gasteiger charge is 2.30. The molecule has 1 unspecified atom stereocenters. The van der Waals surface area contributed by atoms with Crippen LogP contribution in [-0.4, -0.2) is 17.5 Å². The Morgan fingerprint density at radius 2 is 1.91 bits per heavy atom. The molecule has 1 atom stereocenters. The molecule has 0 spiro atoms. The first-order valence-corrected chi connectivity index (χ1v) is 8.26. The number of rotatable bonds is 2. The Morgan fingerprint density at radius 3 is 2.65 bits per heavy atom. The first kappa shape index (κ1) is 15.6. The molecule has 120 valence electrons. The average Bonchev–Trinajstić information content (AvgIpc) is 3.00. The van der Waals surface area contributed by atoms with Gasteiger partial charge in [-0.1, -0.05) is 35.9 Å². The van der Waals surface area contributed by atoms with Crippen molar-refractivity contribution in [3.05, 3.63) is 64.7 Å². The molecule has 23 heavy (non-hydrogen) atoms. The smallest absolute Gasteiger partial charge is 0.317 e. The standard InChI is InChI=1S/C20H24N2O/c1-14-6-4-7-17(12-14)19-8-5-11-22(19)20(23)21-18-10-9-15(2)16(3)13-18/h4,6-7,9-10,12-13,19H,5,8,11H2,1-3H3,(H,21,23). The Bertz CT molecular complexity index is 723. The molecule has 2 aromatic rings. The van der Waals surface area contributed by atoms with Crippen LogP contribution < -0.4 is 5.32 Å². The summed E-state index contributed by atoms with van der Waals surface area (Å²) < 4.78 is 0. The third-order valence-corrected chi connectivity index (χ3v) is 4.70. The number of carbonyl (C=O) groups excluding carboxylic acids is 1. The van der Waals surface area contributed by atoms with Gasteiger partial charge in [-0.15, -0.1) is 0 Å². The third-order valence-electron chi connectivity index (χ3n) is 4.70. The summed E-state index contributed by atoms with van der Waals surface area (Å²) in [6, 6.07) is 14.7. The molecule has 3 nitrogen and oxygen atoms in total. The van der Waals surface area contributed by atoms with Gasteiger partial charge in [0, 0.05) is 12.2 Å². The third kappa shape index (κ3) is 3.39. The fourth-order valence-corrected chi connectivity index (χ4v) is 3.25.